The van der Waals surface area contributed by atoms with Crippen LogP contribution in [0.25, 0.3) is 0 Å². The molecule has 0 aliphatic carbocycles. The lowest BCUT2D eigenvalue weighted by Gasteiger charge is -1.97. The molecule has 0 amide bonds. The van der Waals surface area contributed by atoms with Gasteiger partial charge in [0.25, 0.3) is 0 Å². The van der Waals surface area contributed by atoms with Crippen molar-refractivity contribution in [3.63, 3.8) is 0 Å². The minimum atomic E-state index is -0.0301. The van der Waals surface area contributed by atoms with E-state index in [2.05, 4.69) is 5.18 Å². The van der Waals surface area contributed by atoms with Gasteiger partial charge in [0, 0.05) is 6.04 Å². The summed E-state index contributed by atoms with van der Waals surface area (Å²) < 4.78 is 0. The largest absolute Gasteiger partial charge is 0.326 e. The van der Waals surface area contributed by atoms with Gasteiger partial charge in [0.15, 0.2) is 0 Å². The predicted molar refractivity (Wildman–Crippen MR) is 28.9 cm³/mol. The molecule has 0 bridgehead atoms. The van der Waals surface area contributed by atoms with E-state index >= 15 is 0 Å². The van der Waals surface area contributed by atoms with Crippen molar-refractivity contribution in [1.82, 2.24) is 0 Å². The van der Waals surface area contributed by atoms with Crippen molar-refractivity contribution in [1.29, 1.82) is 0 Å². The Bertz CT molecular complexity index is 55.7. The van der Waals surface area contributed by atoms with Gasteiger partial charge in [0.05, 0.1) is 6.54 Å². The molecule has 1 atom stereocenters. The molecule has 0 aliphatic rings. The summed E-state index contributed by atoms with van der Waals surface area (Å²) in [6.07, 6.45) is 0.825. The Morgan fingerprint density at radius 1 is 1.86 bits per heavy atom. The second kappa shape index (κ2) is 3.74. The summed E-state index contributed by atoms with van der Waals surface area (Å²) in [5.74, 6) is 0. The fraction of sp³-hybridized carbons (Fsp3) is 1.00. The van der Waals surface area contributed by atoms with Crippen LogP contribution >= 0.6 is 0 Å². The minimum Gasteiger partial charge on any atom is -0.326 e. The monoisotopic (exact) mass is 102 g/mol. The topological polar surface area (TPSA) is 55.4 Å². The summed E-state index contributed by atoms with van der Waals surface area (Å²) in [5, 5.41) is 2.63. The molecule has 0 aromatic rings. The second-order valence-electron chi connectivity index (χ2n) is 1.48. The van der Waals surface area contributed by atoms with E-state index in [-0.39, 0.29) is 12.6 Å². The predicted octanol–water partition coefficient (Wildman–Crippen LogP) is 0.490. The van der Waals surface area contributed by atoms with E-state index in [0.717, 1.165) is 6.42 Å². The molecule has 7 heavy (non-hydrogen) atoms. The Labute approximate surface area is 42.9 Å². The fourth-order valence-corrected chi connectivity index (χ4v) is 0.225. The molecule has 0 saturated carbocycles. The summed E-state index contributed by atoms with van der Waals surface area (Å²) in [5.41, 5.74) is 5.29. The fourth-order valence-electron chi connectivity index (χ4n) is 0.225. The summed E-state index contributed by atoms with van der Waals surface area (Å²) in [6, 6.07) is -0.0301. The molecule has 0 radical (unpaired) electrons. The first-order chi connectivity index (χ1) is 3.31. The lowest BCUT2D eigenvalue weighted by molar-refractivity contribution is 0.659. The van der Waals surface area contributed by atoms with E-state index in [9.17, 15) is 4.91 Å². The maximum atomic E-state index is 9.44. The Morgan fingerprint density at radius 3 is 2.57 bits per heavy atom. The van der Waals surface area contributed by atoms with Gasteiger partial charge in [0.1, 0.15) is 0 Å². The van der Waals surface area contributed by atoms with Crippen molar-refractivity contribution in [2.24, 2.45) is 10.9 Å². The van der Waals surface area contributed by atoms with Crippen LogP contribution in [0.5, 0.6) is 0 Å². The van der Waals surface area contributed by atoms with Gasteiger partial charge in [-0.05, 0) is 6.42 Å². The number of rotatable bonds is 3. The molecule has 3 nitrogen and oxygen atoms in total. The molecule has 0 saturated heterocycles. The van der Waals surface area contributed by atoms with Crippen LogP contribution in [0.1, 0.15) is 13.3 Å². The summed E-state index contributed by atoms with van der Waals surface area (Å²) in [4.78, 5) is 9.44. The van der Waals surface area contributed by atoms with Crippen molar-refractivity contribution in [3.05, 3.63) is 4.91 Å². The molecule has 0 aromatic heterocycles. The average molecular weight is 102 g/mol. The lowest BCUT2D eigenvalue weighted by atomic mass is 10.2. The smallest absolute Gasteiger partial charge is 0.0961 e. The van der Waals surface area contributed by atoms with E-state index in [4.69, 9.17) is 5.73 Å². The zero-order valence-corrected chi connectivity index (χ0v) is 4.42. The molecule has 0 heterocycles. The molecule has 0 spiro atoms. The first-order valence-electron chi connectivity index (χ1n) is 2.36. The third-order valence-electron chi connectivity index (χ3n) is 0.833. The maximum Gasteiger partial charge on any atom is 0.0961 e. The zero-order valence-electron chi connectivity index (χ0n) is 4.42. The number of nitroso groups, excluding NO2 is 1. The lowest BCUT2D eigenvalue weighted by Crippen LogP contribution is -2.21. The highest BCUT2D eigenvalue weighted by Gasteiger charge is 1.94. The molecular weight excluding hydrogens is 92.1 g/mol. The summed E-state index contributed by atoms with van der Waals surface area (Å²) in [7, 11) is 0. The van der Waals surface area contributed by atoms with Gasteiger partial charge in [-0.25, -0.2) is 0 Å². The van der Waals surface area contributed by atoms with Crippen molar-refractivity contribution in [2.45, 2.75) is 19.4 Å². The number of hydrogen-bond donors (Lipinski definition) is 1. The van der Waals surface area contributed by atoms with Crippen LogP contribution in [-0.4, -0.2) is 12.6 Å². The first kappa shape index (κ1) is 6.56. The second-order valence-corrected chi connectivity index (χ2v) is 1.48. The molecule has 0 fully saturated rings. The highest BCUT2D eigenvalue weighted by molar-refractivity contribution is 4.59. The Hall–Kier alpha value is -0.440. The Morgan fingerprint density at radius 2 is 2.43 bits per heavy atom. The van der Waals surface area contributed by atoms with Crippen LogP contribution in [0.3, 0.4) is 0 Å². The number of nitrogens with zero attached hydrogens (tertiary/aromatic N) is 1. The minimum absolute atomic E-state index is 0.0301. The van der Waals surface area contributed by atoms with Gasteiger partial charge >= 0.3 is 0 Å². The van der Waals surface area contributed by atoms with E-state index in [1.807, 2.05) is 6.92 Å². The maximum absolute atomic E-state index is 9.44. The van der Waals surface area contributed by atoms with Gasteiger partial charge in [0.2, 0.25) is 0 Å². The number of nitrogens with two attached hydrogens (primary N) is 1. The van der Waals surface area contributed by atoms with E-state index in [1.165, 1.54) is 0 Å². The van der Waals surface area contributed by atoms with Crippen LogP contribution in [0.2, 0.25) is 0 Å². The highest BCUT2D eigenvalue weighted by Crippen LogP contribution is 1.83. The third-order valence-corrected chi connectivity index (χ3v) is 0.833. The SMILES string of the molecule is CCC(N)CN=O. The van der Waals surface area contributed by atoms with Crippen LogP contribution in [0.4, 0.5) is 0 Å². The molecule has 2 N–H and O–H groups in total. The zero-order chi connectivity index (χ0) is 5.70. The molecule has 42 valence electrons. The van der Waals surface area contributed by atoms with Crippen LogP contribution in [0.15, 0.2) is 5.18 Å². The average Bonchev–Trinajstić information content (AvgIpc) is 1.68. The highest BCUT2D eigenvalue weighted by atomic mass is 16.3. The Balaban J connectivity index is 2.98. The van der Waals surface area contributed by atoms with Crippen molar-refractivity contribution < 1.29 is 0 Å². The van der Waals surface area contributed by atoms with Gasteiger partial charge in [-0.3, -0.25) is 0 Å². The number of hydrogen-bond acceptors (Lipinski definition) is 3. The van der Waals surface area contributed by atoms with E-state index in [0.29, 0.717) is 0 Å². The summed E-state index contributed by atoms with van der Waals surface area (Å²) >= 11 is 0. The first-order valence-corrected chi connectivity index (χ1v) is 2.36. The standard InChI is InChI=1S/C4H10N2O/c1-2-4(5)3-6-7/h4H,2-3,5H2,1H3. The molecule has 3 heteroatoms. The third kappa shape index (κ3) is 3.39. The molecular formula is C4H10N2O. The normalized spacial score (nSPS) is 13.4. The molecule has 0 aliphatic heterocycles. The van der Waals surface area contributed by atoms with Crippen molar-refractivity contribution >= 4 is 0 Å². The van der Waals surface area contributed by atoms with Gasteiger partial charge in [-0.15, -0.1) is 0 Å². The van der Waals surface area contributed by atoms with Gasteiger partial charge < -0.3 is 5.73 Å². The molecule has 0 rings (SSSR count). The van der Waals surface area contributed by atoms with Crippen LogP contribution in [0, 0.1) is 4.91 Å². The van der Waals surface area contributed by atoms with Crippen LogP contribution in [-0.2, 0) is 0 Å². The van der Waals surface area contributed by atoms with Crippen LogP contribution < -0.4 is 5.73 Å². The van der Waals surface area contributed by atoms with Gasteiger partial charge in [-0.2, -0.15) is 4.91 Å². The Kier molecular flexibility index (Phi) is 3.50. The van der Waals surface area contributed by atoms with Gasteiger partial charge in [-0.1, -0.05) is 12.1 Å². The van der Waals surface area contributed by atoms with Crippen molar-refractivity contribution in [3.8, 4) is 0 Å². The van der Waals surface area contributed by atoms with E-state index in [1.54, 1.807) is 0 Å². The van der Waals surface area contributed by atoms with Crippen molar-refractivity contribution in [2.75, 3.05) is 6.54 Å². The molecule has 1 unspecified atom stereocenters. The van der Waals surface area contributed by atoms with E-state index < -0.39 is 0 Å². The molecule has 0 aromatic carbocycles. The quantitative estimate of drug-likeness (QED) is 0.527. The summed E-state index contributed by atoms with van der Waals surface area (Å²) in [6.45, 7) is 2.17.